The summed E-state index contributed by atoms with van der Waals surface area (Å²) in [4.78, 5) is 4.26. The van der Waals surface area contributed by atoms with Crippen molar-refractivity contribution in [2.45, 2.75) is 39.5 Å². The zero-order chi connectivity index (χ0) is 10.0. The number of nitrogens with zero attached hydrogens (tertiary/aromatic N) is 1. The van der Waals surface area contributed by atoms with E-state index in [0.29, 0.717) is 11.8 Å². The Kier molecular flexibility index (Phi) is 3.48. The highest BCUT2D eigenvalue weighted by Gasteiger charge is 2.11. The Labute approximate surface area is 88.7 Å². The summed E-state index contributed by atoms with van der Waals surface area (Å²) >= 11 is 3.64. The highest BCUT2D eigenvalue weighted by Crippen LogP contribution is 2.30. The Morgan fingerprint density at radius 3 is 1.69 bits per heavy atom. The zero-order valence-corrected chi connectivity index (χ0v) is 10.2. The van der Waals surface area contributed by atoms with Crippen molar-refractivity contribution in [1.82, 2.24) is 4.98 Å². The Balaban J connectivity index is 3.18. The molecule has 0 aromatic carbocycles. The SMILES string of the molecule is CC(C)c1cncc(C(C)C)c1Br. The molecule has 0 spiro atoms. The van der Waals surface area contributed by atoms with Crippen LogP contribution < -0.4 is 0 Å². The minimum Gasteiger partial charge on any atom is -0.264 e. The maximum atomic E-state index is 4.26. The monoisotopic (exact) mass is 241 g/mol. The molecule has 0 amide bonds. The molecular formula is C11H16BrN. The van der Waals surface area contributed by atoms with Gasteiger partial charge in [0, 0.05) is 16.9 Å². The van der Waals surface area contributed by atoms with Crippen LogP contribution in [0.1, 0.15) is 50.7 Å². The first-order valence-electron chi connectivity index (χ1n) is 4.67. The van der Waals surface area contributed by atoms with Crippen molar-refractivity contribution in [3.63, 3.8) is 0 Å². The van der Waals surface area contributed by atoms with Gasteiger partial charge in [-0.2, -0.15) is 0 Å². The summed E-state index contributed by atoms with van der Waals surface area (Å²) in [7, 11) is 0. The van der Waals surface area contributed by atoms with Gasteiger partial charge in [-0.05, 0) is 23.0 Å². The summed E-state index contributed by atoms with van der Waals surface area (Å²) in [6.45, 7) is 8.75. The molecule has 0 unspecified atom stereocenters. The molecule has 0 aliphatic rings. The molecule has 1 heterocycles. The van der Waals surface area contributed by atoms with Gasteiger partial charge in [0.2, 0.25) is 0 Å². The van der Waals surface area contributed by atoms with Crippen molar-refractivity contribution < 1.29 is 0 Å². The second-order valence-corrected chi connectivity index (χ2v) is 4.73. The lowest BCUT2D eigenvalue weighted by Gasteiger charge is -2.13. The zero-order valence-electron chi connectivity index (χ0n) is 8.63. The molecule has 1 nitrogen and oxygen atoms in total. The number of aromatic nitrogens is 1. The maximum absolute atomic E-state index is 4.26. The third-order valence-electron chi connectivity index (χ3n) is 2.18. The minimum atomic E-state index is 0.528. The van der Waals surface area contributed by atoms with Crippen molar-refractivity contribution in [3.8, 4) is 0 Å². The third kappa shape index (κ3) is 2.31. The lowest BCUT2D eigenvalue weighted by Crippen LogP contribution is -1.97. The molecule has 0 fully saturated rings. The van der Waals surface area contributed by atoms with Gasteiger partial charge in [0.25, 0.3) is 0 Å². The molecule has 1 aromatic rings. The molecule has 0 radical (unpaired) electrons. The van der Waals surface area contributed by atoms with Gasteiger partial charge in [0.1, 0.15) is 0 Å². The number of rotatable bonds is 2. The Morgan fingerprint density at radius 2 is 1.38 bits per heavy atom. The van der Waals surface area contributed by atoms with Crippen LogP contribution in [-0.2, 0) is 0 Å². The first kappa shape index (κ1) is 10.7. The third-order valence-corrected chi connectivity index (χ3v) is 3.09. The van der Waals surface area contributed by atoms with Crippen LogP contribution in [0.25, 0.3) is 0 Å². The van der Waals surface area contributed by atoms with Crippen LogP contribution in [0, 0.1) is 0 Å². The van der Waals surface area contributed by atoms with Crippen LogP contribution in [0.4, 0.5) is 0 Å². The minimum absolute atomic E-state index is 0.528. The van der Waals surface area contributed by atoms with Crippen molar-refractivity contribution in [3.05, 3.63) is 28.0 Å². The Bertz CT molecular complexity index is 266. The number of halogens is 1. The summed E-state index contributed by atoms with van der Waals surface area (Å²) in [5.74, 6) is 1.06. The van der Waals surface area contributed by atoms with Gasteiger partial charge in [0.15, 0.2) is 0 Å². The second kappa shape index (κ2) is 4.23. The molecule has 1 aromatic heterocycles. The van der Waals surface area contributed by atoms with Crippen LogP contribution in [0.5, 0.6) is 0 Å². The van der Waals surface area contributed by atoms with E-state index in [-0.39, 0.29) is 0 Å². The number of hydrogen-bond acceptors (Lipinski definition) is 1. The van der Waals surface area contributed by atoms with Crippen LogP contribution in [0.2, 0.25) is 0 Å². The Morgan fingerprint density at radius 1 is 1.00 bits per heavy atom. The van der Waals surface area contributed by atoms with Gasteiger partial charge in [-0.25, -0.2) is 0 Å². The van der Waals surface area contributed by atoms with Gasteiger partial charge < -0.3 is 0 Å². The first-order chi connectivity index (χ1) is 6.04. The highest BCUT2D eigenvalue weighted by atomic mass is 79.9. The molecule has 0 atom stereocenters. The molecule has 0 aliphatic heterocycles. The molecule has 0 N–H and O–H groups in total. The van der Waals surface area contributed by atoms with E-state index in [2.05, 4.69) is 48.6 Å². The van der Waals surface area contributed by atoms with E-state index < -0.39 is 0 Å². The summed E-state index contributed by atoms with van der Waals surface area (Å²) in [6, 6.07) is 0. The summed E-state index contributed by atoms with van der Waals surface area (Å²) in [5.41, 5.74) is 2.59. The van der Waals surface area contributed by atoms with Gasteiger partial charge in [-0.15, -0.1) is 0 Å². The highest BCUT2D eigenvalue weighted by molar-refractivity contribution is 9.10. The van der Waals surface area contributed by atoms with Gasteiger partial charge in [0.05, 0.1) is 0 Å². The van der Waals surface area contributed by atoms with Crippen molar-refractivity contribution in [2.75, 3.05) is 0 Å². The lowest BCUT2D eigenvalue weighted by atomic mass is 9.99. The van der Waals surface area contributed by atoms with E-state index in [9.17, 15) is 0 Å². The molecule has 0 saturated carbocycles. The van der Waals surface area contributed by atoms with Crippen LogP contribution in [0.15, 0.2) is 16.9 Å². The molecular weight excluding hydrogens is 226 g/mol. The van der Waals surface area contributed by atoms with E-state index >= 15 is 0 Å². The number of pyridine rings is 1. The quantitative estimate of drug-likeness (QED) is 0.761. The smallest absolute Gasteiger partial charge is 0.0313 e. The van der Waals surface area contributed by atoms with Crippen molar-refractivity contribution in [1.29, 1.82) is 0 Å². The molecule has 13 heavy (non-hydrogen) atoms. The molecule has 0 bridgehead atoms. The molecule has 72 valence electrons. The molecule has 2 heteroatoms. The molecule has 1 rings (SSSR count). The largest absolute Gasteiger partial charge is 0.264 e. The van der Waals surface area contributed by atoms with Crippen molar-refractivity contribution in [2.24, 2.45) is 0 Å². The normalized spacial score (nSPS) is 11.3. The van der Waals surface area contributed by atoms with E-state index in [1.54, 1.807) is 0 Å². The van der Waals surface area contributed by atoms with E-state index in [0.717, 1.165) is 0 Å². The van der Waals surface area contributed by atoms with E-state index in [1.807, 2.05) is 12.4 Å². The molecule has 0 aliphatic carbocycles. The van der Waals surface area contributed by atoms with Crippen molar-refractivity contribution >= 4 is 15.9 Å². The lowest BCUT2D eigenvalue weighted by molar-refractivity contribution is 0.810. The van der Waals surface area contributed by atoms with Gasteiger partial charge in [-0.3, -0.25) is 4.98 Å². The Hall–Kier alpha value is -0.370. The fraction of sp³-hybridized carbons (Fsp3) is 0.545. The molecule has 0 saturated heterocycles. The summed E-state index contributed by atoms with van der Waals surface area (Å²) in [5, 5.41) is 0. The maximum Gasteiger partial charge on any atom is 0.0313 e. The second-order valence-electron chi connectivity index (χ2n) is 3.94. The fourth-order valence-electron chi connectivity index (χ4n) is 1.28. The topological polar surface area (TPSA) is 12.9 Å². The average molecular weight is 242 g/mol. The summed E-state index contributed by atoms with van der Waals surface area (Å²) in [6.07, 6.45) is 3.89. The average Bonchev–Trinajstić information content (AvgIpc) is 2.03. The van der Waals surface area contributed by atoms with E-state index in [1.165, 1.54) is 15.6 Å². The van der Waals surface area contributed by atoms with Crippen LogP contribution in [0.3, 0.4) is 0 Å². The predicted octanol–water partition coefficient (Wildman–Crippen LogP) is 4.09. The van der Waals surface area contributed by atoms with Gasteiger partial charge >= 0.3 is 0 Å². The fourth-order valence-corrected chi connectivity index (χ4v) is 2.40. The standard InChI is InChI=1S/C11H16BrN/c1-7(2)9-5-13-6-10(8(3)4)11(9)12/h5-8H,1-4H3. The van der Waals surface area contributed by atoms with Crippen LogP contribution >= 0.6 is 15.9 Å². The van der Waals surface area contributed by atoms with Crippen LogP contribution in [-0.4, -0.2) is 4.98 Å². The van der Waals surface area contributed by atoms with E-state index in [4.69, 9.17) is 0 Å². The predicted molar refractivity (Wildman–Crippen MR) is 60.1 cm³/mol. The first-order valence-corrected chi connectivity index (χ1v) is 5.46. The summed E-state index contributed by atoms with van der Waals surface area (Å²) < 4.78 is 1.23. The van der Waals surface area contributed by atoms with Gasteiger partial charge in [-0.1, -0.05) is 43.6 Å². The number of hydrogen-bond donors (Lipinski definition) is 0.